The van der Waals surface area contributed by atoms with E-state index >= 15 is 0 Å². The molecule has 0 radical (unpaired) electrons. The fourth-order valence-corrected chi connectivity index (χ4v) is 3.21. The van der Waals surface area contributed by atoms with E-state index in [1.54, 1.807) is 0 Å². The number of nitrogens with zero attached hydrogens (tertiary/aromatic N) is 1. The molecule has 2 saturated heterocycles. The predicted molar refractivity (Wildman–Crippen MR) is 85.4 cm³/mol. The summed E-state index contributed by atoms with van der Waals surface area (Å²) >= 11 is 6.27. The van der Waals surface area contributed by atoms with Gasteiger partial charge in [-0.1, -0.05) is 23.7 Å². The summed E-state index contributed by atoms with van der Waals surface area (Å²) in [6.45, 7) is 3.11. The minimum absolute atomic E-state index is 0.0780. The van der Waals surface area contributed by atoms with Crippen molar-refractivity contribution in [3.8, 4) is 0 Å². The number of carbonyl (C=O) groups excluding carboxylic acids is 1. The number of anilines is 1. The maximum atomic E-state index is 12.2. The van der Waals surface area contributed by atoms with Crippen molar-refractivity contribution in [3.63, 3.8) is 0 Å². The molecule has 0 aliphatic carbocycles. The molecule has 120 valence electrons. The Morgan fingerprint density at radius 1 is 1.32 bits per heavy atom. The molecule has 2 atom stereocenters. The molecule has 2 heterocycles. The van der Waals surface area contributed by atoms with Gasteiger partial charge in [-0.05, 0) is 25.0 Å². The van der Waals surface area contributed by atoms with Crippen molar-refractivity contribution < 1.29 is 14.3 Å². The number of ether oxygens (including phenoxy) is 2. The number of piperidine rings is 1. The summed E-state index contributed by atoms with van der Waals surface area (Å²) in [5, 5.41) is 3.83. The van der Waals surface area contributed by atoms with Gasteiger partial charge in [-0.25, -0.2) is 0 Å². The average Bonchev–Trinajstić information content (AvgIpc) is 2.56. The van der Waals surface area contributed by atoms with Crippen molar-refractivity contribution in [1.82, 2.24) is 5.32 Å². The number of rotatable bonds is 3. The molecule has 2 fully saturated rings. The maximum Gasteiger partial charge on any atom is 0.251 e. The number of carbonyl (C=O) groups is 1. The first-order valence-corrected chi connectivity index (χ1v) is 8.11. The van der Waals surface area contributed by atoms with Crippen LogP contribution in [0, 0.1) is 0 Å². The second kappa shape index (κ2) is 7.31. The average molecular weight is 325 g/mol. The lowest BCUT2D eigenvalue weighted by molar-refractivity contribution is -0.148. The first-order chi connectivity index (χ1) is 10.7. The van der Waals surface area contributed by atoms with Crippen molar-refractivity contribution in [1.29, 1.82) is 0 Å². The first kappa shape index (κ1) is 15.6. The monoisotopic (exact) mass is 324 g/mol. The summed E-state index contributed by atoms with van der Waals surface area (Å²) in [6.07, 6.45) is 1.52. The van der Waals surface area contributed by atoms with E-state index in [4.69, 9.17) is 21.1 Å². The zero-order valence-electron chi connectivity index (χ0n) is 12.5. The van der Waals surface area contributed by atoms with Crippen molar-refractivity contribution >= 4 is 23.2 Å². The van der Waals surface area contributed by atoms with Crippen LogP contribution in [0.3, 0.4) is 0 Å². The Kier molecular flexibility index (Phi) is 5.18. The third kappa shape index (κ3) is 3.72. The van der Waals surface area contributed by atoms with Crippen LogP contribution >= 0.6 is 11.6 Å². The van der Waals surface area contributed by atoms with Gasteiger partial charge in [0.15, 0.2) is 6.10 Å². The smallest absolute Gasteiger partial charge is 0.251 e. The third-order valence-corrected chi connectivity index (χ3v) is 4.39. The molecule has 0 spiro atoms. The van der Waals surface area contributed by atoms with Crippen molar-refractivity contribution in [2.75, 3.05) is 37.8 Å². The van der Waals surface area contributed by atoms with Gasteiger partial charge in [0.1, 0.15) is 0 Å². The van der Waals surface area contributed by atoms with Gasteiger partial charge in [0, 0.05) is 19.1 Å². The molecule has 0 bridgehead atoms. The second-order valence-corrected chi connectivity index (χ2v) is 6.09. The number of amides is 1. The molecular formula is C16H21ClN2O3. The van der Waals surface area contributed by atoms with Crippen LogP contribution in [0.2, 0.25) is 5.02 Å². The summed E-state index contributed by atoms with van der Waals surface area (Å²) in [7, 11) is 0. The molecule has 1 N–H and O–H groups in total. The zero-order valence-corrected chi connectivity index (χ0v) is 13.2. The van der Waals surface area contributed by atoms with Crippen LogP contribution in [0.15, 0.2) is 24.3 Å². The van der Waals surface area contributed by atoms with E-state index in [-0.39, 0.29) is 11.9 Å². The maximum absolute atomic E-state index is 12.2. The van der Waals surface area contributed by atoms with E-state index in [1.807, 2.05) is 24.3 Å². The number of nitrogens with one attached hydrogen (secondary N) is 1. The molecule has 0 saturated carbocycles. The Hall–Kier alpha value is -1.30. The predicted octanol–water partition coefficient (Wildman–Crippen LogP) is 1.84. The van der Waals surface area contributed by atoms with Gasteiger partial charge in [0.25, 0.3) is 5.91 Å². The molecule has 1 aromatic rings. The SMILES string of the molecule is O=C(N[C@@H]1CCCN(c2ccccc2Cl)C1)[C@H]1COCCO1. The van der Waals surface area contributed by atoms with Gasteiger partial charge in [-0.2, -0.15) is 0 Å². The van der Waals surface area contributed by atoms with Gasteiger partial charge < -0.3 is 19.7 Å². The van der Waals surface area contributed by atoms with Gasteiger partial charge in [0.05, 0.1) is 30.5 Å². The Labute approximate surface area is 135 Å². The highest BCUT2D eigenvalue weighted by Crippen LogP contribution is 2.27. The summed E-state index contributed by atoms with van der Waals surface area (Å²) in [4.78, 5) is 14.4. The summed E-state index contributed by atoms with van der Waals surface area (Å²) in [5.74, 6) is -0.0780. The summed E-state index contributed by atoms with van der Waals surface area (Å²) in [5.41, 5.74) is 1.03. The highest BCUT2D eigenvalue weighted by molar-refractivity contribution is 6.33. The van der Waals surface area contributed by atoms with E-state index in [1.165, 1.54) is 0 Å². The molecule has 22 heavy (non-hydrogen) atoms. The second-order valence-electron chi connectivity index (χ2n) is 5.68. The van der Waals surface area contributed by atoms with E-state index in [0.29, 0.717) is 19.8 Å². The first-order valence-electron chi connectivity index (χ1n) is 7.73. The topological polar surface area (TPSA) is 50.8 Å². The molecular weight excluding hydrogens is 304 g/mol. The van der Waals surface area contributed by atoms with Crippen LogP contribution in [-0.4, -0.2) is 51.0 Å². The number of benzene rings is 1. The Morgan fingerprint density at radius 3 is 2.95 bits per heavy atom. The van der Waals surface area contributed by atoms with Crippen LogP contribution in [0.5, 0.6) is 0 Å². The van der Waals surface area contributed by atoms with Gasteiger partial charge in [-0.15, -0.1) is 0 Å². The van der Waals surface area contributed by atoms with E-state index < -0.39 is 6.10 Å². The molecule has 0 aromatic heterocycles. The molecule has 1 aromatic carbocycles. The minimum atomic E-state index is -0.482. The normalized spacial score (nSPS) is 25.8. The number of hydrogen-bond acceptors (Lipinski definition) is 4. The van der Waals surface area contributed by atoms with Crippen molar-refractivity contribution in [3.05, 3.63) is 29.3 Å². The Balaban J connectivity index is 1.58. The fourth-order valence-electron chi connectivity index (χ4n) is 2.96. The van der Waals surface area contributed by atoms with Crippen LogP contribution in [0.1, 0.15) is 12.8 Å². The fraction of sp³-hybridized carbons (Fsp3) is 0.562. The highest BCUT2D eigenvalue weighted by Gasteiger charge is 2.27. The largest absolute Gasteiger partial charge is 0.376 e. The quantitative estimate of drug-likeness (QED) is 0.922. The molecule has 0 unspecified atom stereocenters. The van der Waals surface area contributed by atoms with Gasteiger partial charge in [0.2, 0.25) is 0 Å². The molecule has 6 heteroatoms. The van der Waals surface area contributed by atoms with E-state index in [2.05, 4.69) is 10.2 Å². The lowest BCUT2D eigenvalue weighted by Gasteiger charge is -2.36. The third-order valence-electron chi connectivity index (χ3n) is 4.07. The number of para-hydroxylation sites is 1. The van der Waals surface area contributed by atoms with Gasteiger partial charge in [-0.3, -0.25) is 4.79 Å². The summed E-state index contributed by atoms with van der Waals surface area (Å²) in [6, 6.07) is 7.94. The molecule has 1 amide bonds. The number of halogens is 1. The van der Waals surface area contributed by atoms with Crippen LogP contribution in [0.25, 0.3) is 0 Å². The minimum Gasteiger partial charge on any atom is -0.376 e. The van der Waals surface area contributed by atoms with Crippen LogP contribution < -0.4 is 10.2 Å². The van der Waals surface area contributed by atoms with Crippen molar-refractivity contribution in [2.24, 2.45) is 0 Å². The molecule has 2 aliphatic rings. The summed E-state index contributed by atoms with van der Waals surface area (Å²) < 4.78 is 10.7. The molecule has 5 nitrogen and oxygen atoms in total. The van der Waals surface area contributed by atoms with Gasteiger partial charge >= 0.3 is 0 Å². The Morgan fingerprint density at radius 2 is 2.18 bits per heavy atom. The van der Waals surface area contributed by atoms with Crippen LogP contribution in [-0.2, 0) is 14.3 Å². The molecule has 2 aliphatic heterocycles. The Bertz CT molecular complexity index is 520. The highest BCUT2D eigenvalue weighted by atomic mass is 35.5. The number of hydrogen-bond donors (Lipinski definition) is 1. The van der Waals surface area contributed by atoms with Crippen LogP contribution in [0.4, 0.5) is 5.69 Å². The van der Waals surface area contributed by atoms with Crippen molar-refractivity contribution in [2.45, 2.75) is 25.0 Å². The van der Waals surface area contributed by atoms with E-state index in [0.717, 1.165) is 36.6 Å². The van der Waals surface area contributed by atoms with E-state index in [9.17, 15) is 4.79 Å². The molecule has 3 rings (SSSR count). The standard InChI is InChI=1S/C16H21ClN2O3/c17-13-5-1-2-6-14(13)19-7-3-4-12(10-19)18-16(20)15-11-21-8-9-22-15/h1-2,5-6,12,15H,3-4,7-11H2,(H,18,20)/t12-,15-/m1/s1. The zero-order chi connectivity index (χ0) is 15.4. The lowest BCUT2D eigenvalue weighted by Crippen LogP contribution is -2.52. The lowest BCUT2D eigenvalue weighted by atomic mass is 10.0.